The Morgan fingerprint density at radius 3 is 1.31 bits per heavy atom. The van der Waals surface area contributed by atoms with Gasteiger partial charge in [-0.05, 0) is 18.8 Å². The Kier molecular flexibility index (Phi) is 4.93. The molecule has 0 fully saturated rings. The van der Waals surface area contributed by atoms with Gasteiger partial charge >= 0.3 is 0 Å². The first-order chi connectivity index (χ1) is 5.93. The zero-order valence-electron chi connectivity index (χ0n) is 10.0. The Morgan fingerprint density at radius 2 is 1.23 bits per heavy atom. The highest BCUT2D eigenvalue weighted by Crippen LogP contribution is 2.34. The molecule has 2 nitrogen and oxygen atoms in total. The fourth-order valence-electron chi connectivity index (χ4n) is 2.43. The number of hydrogen-bond acceptors (Lipinski definition) is 2. The van der Waals surface area contributed by atoms with E-state index in [4.69, 9.17) is 9.47 Å². The van der Waals surface area contributed by atoms with Crippen molar-refractivity contribution < 1.29 is 9.47 Å². The van der Waals surface area contributed by atoms with Crippen molar-refractivity contribution in [2.75, 3.05) is 14.2 Å². The minimum atomic E-state index is -0.172. The largest absolute Gasteiger partial charge is 0.379 e. The van der Waals surface area contributed by atoms with Crippen molar-refractivity contribution >= 4 is 0 Å². The van der Waals surface area contributed by atoms with Gasteiger partial charge in [-0.1, -0.05) is 27.7 Å². The van der Waals surface area contributed by atoms with E-state index in [1.165, 1.54) is 0 Å². The van der Waals surface area contributed by atoms with Gasteiger partial charge in [-0.2, -0.15) is 0 Å². The van der Waals surface area contributed by atoms with Gasteiger partial charge in [0.1, 0.15) is 0 Å². The Labute approximate surface area is 82.6 Å². The maximum Gasteiger partial charge on any atom is 0.0981 e. The first-order valence-corrected chi connectivity index (χ1v) is 5.01. The first kappa shape index (κ1) is 12.9. The number of rotatable bonds is 5. The molecule has 0 aromatic carbocycles. The monoisotopic (exact) mass is 188 g/mol. The Balaban J connectivity index is 4.86. The molecule has 0 aromatic heterocycles. The molecule has 0 N–H and O–H groups in total. The van der Waals surface area contributed by atoms with Crippen LogP contribution in [0.5, 0.6) is 0 Å². The summed E-state index contributed by atoms with van der Waals surface area (Å²) in [6, 6.07) is 0. The van der Waals surface area contributed by atoms with E-state index < -0.39 is 0 Å². The average molecular weight is 188 g/mol. The predicted molar refractivity (Wildman–Crippen MR) is 55.9 cm³/mol. The zero-order chi connectivity index (χ0) is 10.6. The third kappa shape index (κ3) is 2.23. The highest BCUT2D eigenvalue weighted by Gasteiger charge is 2.42. The molecular weight excluding hydrogens is 164 g/mol. The van der Waals surface area contributed by atoms with Crippen molar-refractivity contribution in [3.8, 4) is 0 Å². The van der Waals surface area contributed by atoms with Crippen molar-refractivity contribution in [1.82, 2.24) is 0 Å². The van der Waals surface area contributed by atoms with Gasteiger partial charge in [0.15, 0.2) is 0 Å². The number of methoxy groups -OCH3 is 2. The molecular formula is C11H24O2. The molecule has 0 bridgehead atoms. The average Bonchev–Trinajstić information content (AvgIpc) is 2.04. The summed E-state index contributed by atoms with van der Waals surface area (Å²) in [4.78, 5) is 0. The van der Waals surface area contributed by atoms with Crippen LogP contribution in [-0.2, 0) is 9.47 Å². The number of ether oxygens (including phenoxy) is 2. The topological polar surface area (TPSA) is 18.5 Å². The predicted octanol–water partition coefficient (Wildman–Crippen LogP) is 2.72. The molecule has 0 aliphatic heterocycles. The molecule has 0 aliphatic rings. The van der Waals surface area contributed by atoms with Crippen LogP contribution in [0.2, 0.25) is 0 Å². The fourth-order valence-corrected chi connectivity index (χ4v) is 2.43. The van der Waals surface area contributed by atoms with Crippen molar-refractivity contribution in [3.63, 3.8) is 0 Å². The van der Waals surface area contributed by atoms with E-state index in [-0.39, 0.29) is 11.7 Å². The summed E-state index contributed by atoms with van der Waals surface area (Å²) in [6.45, 7) is 10.8. The summed E-state index contributed by atoms with van der Waals surface area (Å²) < 4.78 is 11.1. The summed E-state index contributed by atoms with van der Waals surface area (Å²) in [5.41, 5.74) is -0.172. The minimum Gasteiger partial charge on any atom is -0.379 e. The lowest BCUT2D eigenvalue weighted by Gasteiger charge is -2.44. The lowest BCUT2D eigenvalue weighted by atomic mass is 9.76. The maximum atomic E-state index is 5.69. The molecule has 2 heteroatoms. The van der Waals surface area contributed by atoms with Crippen LogP contribution >= 0.6 is 0 Å². The normalized spacial score (nSPS) is 15.5. The van der Waals surface area contributed by atoms with Gasteiger partial charge in [0.05, 0.1) is 11.7 Å². The smallest absolute Gasteiger partial charge is 0.0981 e. The molecule has 1 unspecified atom stereocenters. The third-order valence-corrected chi connectivity index (χ3v) is 3.15. The van der Waals surface area contributed by atoms with Crippen LogP contribution in [0.15, 0.2) is 0 Å². The van der Waals surface area contributed by atoms with E-state index >= 15 is 0 Å². The molecule has 0 spiro atoms. The van der Waals surface area contributed by atoms with Crippen LogP contribution in [0.3, 0.4) is 0 Å². The summed E-state index contributed by atoms with van der Waals surface area (Å²) in [5, 5.41) is 0. The molecule has 0 rings (SSSR count). The molecule has 0 heterocycles. The third-order valence-electron chi connectivity index (χ3n) is 3.15. The Bertz CT molecular complexity index is 133. The van der Waals surface area contributed by atoms with Crippen LogP contribution in [0, 0.1) is 11.8 Å². The van der Waals surface area contributed by atoms with Gasteiger partial charge in [0.25, 0.3) is 0 Å². The number of hydrogen-bond donors (Lipinski definition) is 0. The van der Waals surface area contributed by atoms with Crippen molar-refractivity contribution in [2.24, 2.45) is 11.8 Å². The molecule has 13 heavy (non-hydrogen) atoms. The summed E-state index contributed by atoms with van der Waals surface area (Å²) in [6.07, 6.45) is 0.123. The van der Waals surface area contributed by atoms with Gasteiger partial charge in [-0.15, -0.1) is 0 Å². The van der Waals surface area contributed by atoms with E-state index in [1.807, 2.05) is 0 Å². The lowest BCUT2D eigenvalue weighted by Crippen LogP contribution is -2.52. The lowest BCUT2D eigenvalue weighted by molar-refractivity contribution is -0.162. The Hall–Kier alpha value is -0.0800. The van der Waals surface area contributed by atoms with Crippen LogP contribution in [0.4, 0.5) is 0 Å². The molecule has 0 saturated carbocycles. The second-order valence-corrected chi connectivity index (χ2v) is 4.25. The molecule has 0 saturated heterocycles. The highest BCUT2D eigenvalue weighted by molar-refractivity contribution is 4.92. The quantitative estimate of drug-likeness (QED) is 0.660. The van der Waals surface area contributed by atoms with Crippen molar-refractivity contribution in [2.45, 2.75) is 46.3 Å². The van der Waals surface area contributed by atoms with E-state index in [1.54, 1.807) is 14.2 Å². The van der Waals surface area contributed by atoms with Gasteiger partial charge in [-0.25, -0.2) is 0 Å². The van der Waals surface area contributed by atoms with E-state index in [0.29, 0.717) is 11.8 Å². The SMILES string of the molecule is COC(C)C(OC)(C(C)C)C(C)C. The zero-order valence-corrected chi connectivity index (χ0v) is 10.0. The molecule has 0 amide bonds. The van der Waals surface area contributed by atoms with E-state index in [2.05, 4.69) is 34.6 Å². The van der Waals surface area contributed by atoms with Gasteiger partial charge in [0, 0.05) is 14.2 Å². The van der Waals surface area contributed by atoms with E-state index in [9.17, 15) is 0 Å². The summed E-state index contributed by atoms with van der Waals surface area (Å²) in [7, 11) is 3.51. The second-order valence-electron chi connectivity index (χ2n) is 4.25. The standard InChI is InChI=1S/C11H24O2/c1-8(2)11(13-7,9(3)4)10(5)12-6/h8-10H,1-7H3. The fraction of sp³-hybridized carbons (Fsp3) is 1.00. The molecule has 0 radical (unpaired) electrons. The van der Waals surface area contributed by atoms with Crippen LogP contribution in [-0.4, -0.2) is 25.9 Å². The van der Waals surface area contributed by atoms with Crippen molar-refractivity contribution in [3.05, 3.63) is 0 Å². The Morgan fingerprint density at radius 1 is 0.846 bits per heavy atom. The molecule has 80 valence electrons. The van der Waals surface area contributed by atoms with Crippen LogP contribution < -0.4 is 0 Å². The second kappa shape index (κ2) is 4.97. The summed E-state index contributed by atoms with van der Waals surface area (Å²) in [5.74, 6) is 0.903. The molecule has 0 aromatic rings. The van der Waals surface area contributed by atoms with Crippen molar-refractivity contribution in [1.29, 1.82) is 0 Å². The minimum absolute atomic E-state index is 0.123. The van der Waals surface area contributed by atoms with Gasteiger partial charge in [0.2, 0.25) is 0 Å². The van der Waals surface area contributed by atoms with Crippen LogP contribution in [0.1, 0.15) is 34.6 Å². The van der Waals surface area contributed by atoms with E-state index in [0.717, 1.165) is 0 Å². The maximum absolute atomic E-state index is 5.69. The highest BCUT2D eigenvalue weighted by atomic mass is 16.5. The molecule has 1 atom stereocenters. The van der Waals surface area contributed by atoms with Crippen LogP contribution in [0.25, 0.3) is 0 Å². The first-order valence-electron chi connectivity index (χ1n) is 5.01. The van der Waals surface area contributed by atoms with Gasteiger partial charge in [-0.3, -0.25) is 0 Å². The van der Waals surface area contributed by atoms with Gasteiger partial charge < -0.3 is 9.47 Å². The summed E-state index contributed by atoms with van der Waals surface area (Å²) >= 11 is 0. The molecule has 0 aliphatic carbocycles.